The van der Waals surface area contributed by atoms with Crippen molar-refractivity contribution >= 4 is 18.7 Å². The number of rotatable bonds is 5. The van der Waals surface area contributed by atoms with Crippen molar-refractivity contribution in [2.75, 3.05) is 6.61 Å². The van der Waals surface area contributed by atoms with Gasteiger partial charge in [-0.15, -0.1) is 0 Å². The molecule has 1 fully saturated rings. The van der Waals surface area contributed by atoms with Gasteiger partial charge < -0.3 is 4.43 Å². The second-order valence-electron chi connectivity index (χ2n) is 10.7. The van der Waals surface area contributed by atoms with Crippen LogP contribution < -0.4 is 10.4 Å². The van der Waals surface area contributed by atoms with Crippen molar-refractivity contribution in [3.8, 4) is 0 Å². The van der Waals surface area contributed by atoms with Crippen molar-refractivity contribution < 1.29 is 4.43 Å². The summed E-state index contributed by atoms with van der Waals surface area (Å²) in [5.74, 6) is 0.736. The van der Waals surface area contributed by atoms with E-state index >= 15 is 0 Å². The Hall–Kier alpha value is -1.38. The molecule has 2 aromatic carbocycles. The second-order valence-corrected chi connectivity index (χ2v) is 15.0. The third kappa shape index (κ3) is 3.39. The minimum atomic E-state index is -2.45. The Labute approximate surface area is 173 Å². The molecule has 0 amide bonds. The number of hydrogen-bond donors (Lipinski definition) is 0. The topological polar surface area (TPSA) is 9.23 Å². The van der Waals surface area contributed by atoms with Crippen LogP contribution >= 0.6 is 0 Å². The molecule has 0 spiro atoms. The maximum Gasteiger partial charge on any atom is 0.261 e. The van der Waals surface area contributed by atoms with Crippen LogP contribution in [0.3, 0.4) is 0 Å². The first-order valence-corrected chi connectivity index (χ1v) is 12.7. The van der Waals surface area contributed by atoms with Crippen LogP contribution in [-0.2, 0) is 4.43 Å². The van der Waals surface area contributed by atoms with Crippen LogP contribution in [0.5, 0.6) is 0 Å². The van der Waals surface area contributed by atoms with Crippen LogP contribution in [0.25, 0.3) is 0 Å². The first-order chi connectivity index (χ1) is 13.0. The lowest BCUT2D eigenvalue weighted by atomic mass is 9.67. The Morgan fingerprint density at radius 1 is 0.893 bits per heavy atom. The summed E-state index contributed by atoms with van der Waals surface area (Å²) in [7, 11) is -2.45. The molecule has 0 N–H and O–H groups in total. The largest absolute Gasteiger partial charge is 0.407 e. The van der Waals surface area contributed by atoms with Crippen molar-refractivity contribution in [1.82, 2.24) is 0 Å². The van der Waals surface area contributed by atoms with Crippen molar-refractivity contribution in [3.63, 3.8) is 0 Å². The monoisotopic (exact) mass is 394 g/mol. The fourth-order valence-corrected chi connectivity index (χ4v) is 9.79. The highest BCUT2D eigenvalue weighted by Gasteiger charge is 2.54. The van der Waals surface area contributed by atoms with Crippen molar-refractivity contribution in [2.45, 2.75) is 66.3 Å². The molecule has 2 atom stereocenters. The molecule has 0 aliphatic heterocycles. The van der Waals surface area contributed by atoms with E-state index in [1.807, 2.05) is 0 Å². The van der Waals surface area contributed by atoms with Gasteiger partial charge in [-0.05, 0) is 45.0 Å². The highest BCUT2D eigenvalue weighted by molar-refractivity contribution is 6.99. The molecule has 1 aliphatic rings. The van der Waals surface area contributed by atoms with Gasteiger partial charge in [-0.2, -0.15) is 0 Å². The Kier molecular flexibility index (Phi) is 5.68. The SMILES string of the molecule is C[C@H]1CC[C@@](C)(CO[Si](c2ccccc2)(c2ccccc2)C(C)(C)C)C1(C)C. The average molecular weight is 395 g/mol. The third-order valence-corrected chi connectivity index (χ3v) is 12.9. The molecule has 0 unspecified atom stereocenters. The van der Waals surface area contributed by atoms with E-state index in [9.17, 15) is 0 Å². The fourth-order valence-electron chi connectivity index (χ4n) is 5.10. The number of benzene rings is 2. The summed E-state index contributed by atoms with van der Waals surface area (Å²) < 4.78 is 7.28. The molecule has 2 heteroatoms. The maximum atomic E-state index is 7.28. The lowest BCUT2D eigenvalue weighted by Gasteiger charge is -2.47. The first kappa shape index (κ1) is 21.3. The molecular weight excluding hydrogens is 356 g/mol. The fraction of sp³-hybridized carbons (Fsp3) is 0.538. The van der Waals surface area contributed by atoms with Gasteiger partial charge in [0.15, 0.2) is 0 Å². The molecule has 0 aromatic heterocycles. The molecule has 1 saturated carbocycles. The molecule has 2 aromatic rings. The van der Waals surface area contributed by atoms with Crippen LogP contribution in [0, 0.1) is 16.7 Å². The predicted molar refractivity (Wildman–Crippen MR) is 124 cm³/mol. The minimum absolute atomic E-state index is 0.0421. The molecule has 1 nitrogen and oxygen atoms in total. The summed E-state index contributed by atoms with van der Waals surface area (Å²) in [6.07, 6.45) is 2.55. The van der Waals surface area contributed by atoms with Crippen LogP contribution in [0.1, 0.15) is 61.3 Å². The normalized spacial score (nSPS) is 25.0. The van der Waals surface area contributed by atoms with Gasteiger partial charge in [0.25, 0.3) is 8.32 Å². The smallest absolute Gasteiger partial charge is 0.261 e. The summed E-state index contributed by atoms with van der Waals surface area (Å²) in [5.41, 5.74) is 0.498. The molecule has 0 radical (unpaired) electrons. The average Bonchev–Trinajstić information content (AvgIpc) is 2.86. The van der Waals surface area contributed by atoms with E-state index in [1.54, 1.807) is 0 Å². The lowest BCUT2D eigenvalue weighted by Crippen LogP contribution is -2.67. The van der Waals surface area contributed by atoms with Crippen LogP contribution in [-0.4, -0.2) is 14.9 Å². The highest BCUT2D eigenvalue weighted by atomic mass is 28.4. The summed E-state index contributed by atoms with van der Waals surface area (Å²) in [4.78, 5) is 0. The van der Waals surface area contributed by atoms with Gasteiger partial charge in [-0.3, -0.25) is 0 Å². The van der Waals surface area contributed by atoms with E-state index in [4.69, 9.17) is 4.43 Å². The Morgan fingerprint density at radius 3 is 1.71 bits per heavy atom. The summed E-state index contributed by atoms with van der Waals surface area (Å²) in [6, 6.07) is 22.0. The summed E-state index contributed by atoms with van der Waals surface area (Å²) in [6.45, 7) is 17.7. The van der Waals surface area contributed by atoms with Gasteiger partial charge in [-0.1, -0.05) is 109 Å². The van der Waals surface area contributed by atoms with Crippen LogP contribution in [0.4, 0.5) is 0 Å². The number of hydrogen-bond acceptors (Lipinski definition) is 1. The molecule has 28 heavy (non-hydrogen) atoms. The first-order valence-electron chi connectivity index (χ1n) is 10.8. The molecular formula is C26H38OSi. The van der Waals surface area contributed by atoms with E-state index in [1.165, 1.54) is 23.2 Å². The van der Waals surface area contributed by atoms with Gasteiger partial charge in [0.05, 0.1) is 0 Å². The molecule has 152 valence electrons. The van der Waals surface area contributed by atoms with Gasteiger partial charge in [-0.25, -0.2) is 0 Å². The zero-order valence-electron chi connectivity index (χ0n) is 18.9. The van der Waals surface area contributed by atoms with Gasteiger partial charge in [0.2, 0.25) is 0 Å². The van der Waals surface area contributed by atoms with E-state index in [0.717, 1.165) is 12.5 Å². The zero-order valence-corrected chi connectivity index (χ0v) is 19.9. The predicted octanol–water partition coefficient (Wildman–Crippen LogP) is 6.03. The van der Waals surface area contributed by atoms with E-state index in [-0.39, 0.29) is 10.5 Å². The van der Waals surface area contributed by atoms with Gasteiger partial charge in [0, 0.05) is 6.61 Å². The third-order valence-electron chi connectivity index (χ3n) is 7.94. The molecule has 0 saturated heterocycles. The van der Waals surface area contributed by atoms with E-state index < -0.39 is 8.32 Å². The maximum absolute atomic E-state index is 7.28. The van der Waals surface area contributed by atoms with Crippen LogP contribution in [0.2, 0.25) is 5.04 Å². The Balaban J connectivity index is 2.10. The van der Waals surface area contributed by atoms with Gasteiger partial charge >= 0.3 is 0 Å². The van der Waals surface area contributed by atoms with Crippen molar-refractivity contribution in [3.05, 3.63) is 60.7 Å². The molecule has 0 heterocycles. The quantitative estimate of drug-likeness (QED) is 0.563. The van der Waals surface area contributed by atoms with E-state index in [2.05, 4.69) is 109 Å². The van der Waals surface area contributed by atoms with Crippen molar-refractivity contribution in [1.29, 1.82) is 0 Å². The van der Waals surface area contributed by atoms with E-state index in [0.29, 0.717) is 5.41 Å². The minimum Gasteiger partial charge on any atom is -0.407 e. The second kappa shape index (κ2) is 7.46. The molecule has 3 rings (SSSR count). The van der Waals surface area contributed by atoms with Crippen LogP contribution in [0.15, 0.2) is 60.7 Å². The van der Waals surface area contributed by atoms with Crippen molar-refractivity contribution in [2.24, 2.45) is 16.7 Å². The lowest BCUT2D eigenvalue weighted by molar-refractivity contribution is 0.0365. The highest BCUT2D eigenvalue weighted by Crippen LogP contribution is 2.56. The Bertz CT molecular complexity index is 736. The summed E-state index contributed by atoms with van der Waals surface area (Å²) in [5, 5.41) is 2.79. The standard InChI is InChI=1S/C26H38OSi/c1-21-18-19-26(7,25(21,5)6)20-27-28(24(2,3)4,22-14-10-8-11-15-22)23-16-12-9-13-17-23/h8-17,21H,18-20H2,1-7H3/t21-,26-/m0/s1. The summed E-state index contributed by atoms with van der Waals surface area (Å²) >= 11 is 0. The Morgan fingerprint density at radius 2 is 1.36 bits per heavy atom. The molecule has 1 aliphatic carbocycles. The van der Waals surface area contributed by atoms with Gasteiger partial charge in [0.1, 0.15) is 0 Å². The molecule has 0 bridgehead atoms. The zero-order chi connectivity index (χ0) is 20.6.